The van der Waals surface area contributed by atoms with Gasteiger partial charge in [0.05, 0.1) is 56.1 Å². The van der Waals surface area contributed by atoms with Crippen LogP contribution in [-0.4, -0.2) is 72.9 Å². The lowest BCUT2D eigenvalue weighted by molar-refractivity contribution is -0.111. The molecule has 1 aromatic carbocycles. The number of rotatable bonds is 10. The summed E-state index contributed by atoms with van der Waals surface area (Å²) in [6.07, 6.45) is 9.23. The van der Waals surface area contributed by atoms with Gasteiger partial charge in [-0.3, -0.25) is 4.79 Å². The van der Waals surface area contributed by atoms with Crippen molar-refractivity contribution in [1.29, 1.82) is 0 Å². The van der Waals surface area contributed by atoms with Crippen molar-refractivity contribution < 1.29 is 23.1 Å². The first kappa shape index (κ1) is 27.9. The first-order valence-corrected chi connectivity index (χ1v) is 13.0. The molecule has 4 aromatic rings. The van der Waals surface area contributed by atoms with Crippen LogP contribution in [-0.2, 0) is 16.1 Å². The molecule has 1 aliphatic heterocycles. The average Bonchev–Trinajstić information content (AvgIpc) is 3.64. The smallest absolute Gasteiger partial charge is 0.247 e. The lowest BCUT2D eigenvalue weighted by Crippen LogP contribution is -2.36. The summed E-state index contributed by atoms with van der Waals surface area (Å²) in [6, 6.07) is 5.42. The van der Waals surface area contributed by atoms with Gasteiger partial charge in [-0.15, -0.1) is 0 Å². The third kappa shape index (κ3) is 6.23. The molecule has 5 rings (SSSR count). The van der Waals surface area contributed by atoms with Gasteiger partial charge in [0.15, 0.2) is 11.6 Å². The first-order valence-electron chi connectivity index (χ1n) is 13.0. The van der Waals surface area contributed by atoms with Gasteiger partial charge in [-0.05, 0) is 37.9 Å². The van der Waals surface area contributed by atoms with Crippen molar-refractivity contribution in [2.24, 2.45) is 0 Å². The standard InChI is InChI=1S/C29H32FN7O4/c1-5-27(38)32-23-12-24(26(39-4)13-25(23)36-7-10-40-11-8-36)33-29-31-14-22(30)28(34-29)37-16-20(15-35(2)3)21(17-37)19-6-9-41-18-19/h5-6,9,12-14,16-18H,1,7-8,10-11,15H2,2-4H3,(H,32,38)(H,31,33,34). The van der Waals surface area contributed by atoms with Gasteiger partial charge in [-0.25, -0.2) is 9.37 Å². The van der Waals surface area contributed by atoms with Crippen molar-refractivity contribution in [3.63, 3.8) is 0 Å². The highest BCUT2D eigenvalue weighted by Gasteiger charge is 2.21. The lowest BCUT2D eigenvalue weighted by atomic mass is 10.1. The van der Waals surface area contributed by atoms with Crippen LogP contribution in [0.25, 0.3) is 16.9 Å². The molecule has 2 N–H and O–H groups in total. The quantitative estimate of drug-likeness (QED) is 0.272. The largest absolute Gasteiger partial charge is 0.494 e. The summed E-state index contributed by atoms with van der Waals surface area (Å²) in [5, 5.41) is 6.00. The van der Waals surface area contributed by atoms with E-state index in [9.17, 15) is 4.79 Å². The van der Waals surface area contributed by atoms with Crippen molar-refractivity contribution >= 4 is 28.9 Å². The predicted molar refractivity (Wildman–Crippen MR) is 155 cm³/mol. The number of methoxy groups -OCH3 is 1. The molecule has 12 heteroatoms. The van der Waals surface area contributed by atoms with Gasteiger partial charge in [0.2, 0.25) is 11.9 Å². The minimum Gasteiger partial charge on any atom is -0.494 e. The van der Waals surface area contributed by atoms with Crippen molar-refractivity contribution in [3.05, 3.63) is 73.4 Å². The van der Waals surface area contributed by atoms with Crippen LogP contribution < -0.4 is 20.3 Å². The fraction of sp³-hybridized carbons (Fsp3) is 0.276. The zero-order chi connectivity index (χ0) is 28.9. The van der Waals surface area contributed by atoms with Gasteiger partial charge >= 0.3 is 0 Å². The highest BCUT2D eigenvalue weighted by atomic mass is 19.1. The van der Waals surface area contributed by atoms with Crippen LogP contribution in [0.2, 0.25) is 0 Å². The Morgan fingerprint density at radius 3 is 2.73 bits per heavy atom. The minimum atomic E-state index is -0.589. The SMILES string of the molecule is C=CC(=O)Nc1cc(Nc2ncc(F)c(-n3cc(CN(C)C)c(-c4ccoc4)c3)n2)c(OC)cc1N1CCOCC1. The third-order valence-electron chi connectivity index (χ3n) is 6.56. The van der Waals surface area contributed by atoms with Gasteiger partial charge < -0.3 is 38.9 Å². The fourth-order valence-electron chi connectivity index (χ4n) is 4.67. The number of hydrogen-bond acceptors (Lipinski definition) is 9. The molecule has 1 aliphatic rings. The number of aromatic nitrogens is 3. The summed E-state index contributed by atoms with van der Waals surface area (Å²) in [7, 11) is 5.48. The lowest BCUT2D eigenvalue weighted by Gasteiger charge is -2.31. The summed E-state index contributed by atoms with van der Waals surface area (Å²) < 4.78 is 33.2. The van der Waals surface area contributed by atoms with Crippen LogP contribution in [0.1, 0.15) is 5.56 Å². The van der Waals surface area contributed by atoms with Gasteiger partial charge in [0.1, 0.15) is 5.75 Å². The highest BCUT2D eigenvalue weighted by molar-refractivity contribution is 6.02. The number of amides is 1. The molecule has 0 atom stereocenters. The molecule has 0 aliphatic carbocycles. The molecule has 0 saturated carbocycles. The number of nitrogens with zero attached hydrogens (tertiary/aromatic N) is 5. The molecule has 1 amide bonds. The van der Waals surface area contributed by atoms with Crippen LogP contribution in [0.5, 0.6) is 5.75 Å². The number of anilines is 4. The molecule has 214 valence electrons. The Morgan fingerprint density at radius 1 is 1.24 bits per heavy atom. The van der Waals surface area contributed by atoms with E-state index in [2.05, 4.69) is 32.1 Å². The second-order valence-corrected chi connectivity index (χ2v) is 9.71. The summed E-state index contributed by atoms with van der Waals surface area (Å²) in [6.45, 7) is 6.65. The Labute approximate surface area is 237 Å². The number of morpholine rings is 1. The molecule has 3 aromatic heterocycles. The van der Waals surface area contributed by atoms with E-state index in [4.69, 9.17) is 13.9 Å². The number of furan rings is 1. The summed E-state index contributed by atoms with van der Waals surface area (Å²) in [5.74, 6) is -0.234. The van der Waals surface area contributed by atoms with Crippen LogP contribution in [0.15, 0.2) is 66.4 Å². The van der Waals surface area contributed by atoms with Gasteiger partial charge in [-0.1, -0.05) is 6.58 Å². The topological polar surface area (TPSA) is 110 Å². The molecule has 4 heterocycles. The van der Waals surface area contributed by atoms with E-state index in [1.165, 1.54) is 6.08 Å². The van der Waals surface area contributed by atoms with E-state index in [1.54, 1.807) is 30.3 Å². The van der Waals surface area contributed by atoms with E-state index < -0.39 is 5.82 Å². The average molecular weight is 562 g/mol. The zero-order valence-electron chi connectivity index (χ0n) is 23.2. The Bertz CT molecular complexity index is 1530. The minimum absolute atomic E-state index is 0.0707. The monoisotopic (exact) mass is 561 g/mol. The van der Waals surface area contributed by atoms with E-state index >= 15 is 4.39 Å². The van der Waals surface area contributed by atoms with E-state index in [0.717, 1.165) is 28.6 Å². The van der Waals surface area contributed by atoms with Crippen molar-refractivity contribution in [2.45, 2.75) is 6.54 Å². The third-order valence-corrected chi connectivity index (χ3v) is 6.56. The predicted octanol–water partition coefficient (Wildman–Crippen LogP) is 4.44. The van der Waals surface area contributed by atoms with E-state index in [-0.39, 0.29) is 17.7 Å². The van der Waals surface area contributed by atoms with E-state index in [1.807, 2.05) is 43.5 Å². The fourth-order valence-corrected chi connectivity index (χ4v) is 4.67. The number of carbonyl (C=O) groups is 1. The van der Waals surface area contributed by atoms with Crippen molar-refractivity contribution in [3.8, 4) is 22.7 Å². The maximum atomic E-state index is 15.1. The molecule has 0 spiro atoms. The summed E-state index contributed by atoms with van der Waals surface area (Å²) in [5.41, 5.74) is 4.58. The number of benzene rings is 1. The number of halogens is 1. The molecule has 0 radical (unpaired) electrons. The summed E-state index contributed by atoms with van der Waals surface area (Å²) in [4.78, 5) is 25.0. The van der Waals surface area contributed by atoms with Crippen molar-refractivity contribution in [2.75, 3.05) is 63.0 Å². The maximum absolute atomic E-state index is 15.1. The number of ether oxygens (including phenoxy) is 2. The summed E-state index contributed by atoms with van der Waals surface area (Å²) >= 11 is 0. The normalized spacial score (nSPS) is 13.3. The Balaban J connectivity index is 1.51. The molecule has 0 bridgehead atoms. The van der Waals surface area contributed by atoms with E-state index in [0.29, 0.717) is 50.0 Å². The zero-order valence-corrected chi connectivity index (χ0v) is 23.2. The van der Waals surface area contributed by atoms with Gasteiger partial charge in [0, 0.05) is 49.2 Å². The Kier molecular flexibility index (Phi) is 8.31. The number of hydrogen-bond donors (Lipinski definition) is 2. The second-order valence-electron chi connectivity index (χ2n) is 9.71. The highest BCUT2D eigenvalue weighted by Crippen LogP contribution is 2.39. The van der Waals surface area contributed by atoms with Gasteiger partial charge in [-0.2, -0.15) is 4.98 Å². The molecule has 0 unspecified atom stereocenters. The van der Waals surface area contributed by atoms with Crippen LogP contribution in [0.3, 0.4) is 0 Å². The molecule has 1 saturated heterocycles. The number of carbonyl (C=O) groups excluding carboxylic acids is 1. The molecular formula is C29H32FN7O4. The van der Waals surface area contributed by atoms with Gasteiger partial charge in [0.25, 0.3) is 0 Å². The van der Waals surface area contributed by atoms with Crippen LogP contribution in [0.4, 0.5) is 27.4 Å². The van der Waals surface area contributed by atoms with Crippen LogP contribution >= 0.6 is 0 Å². The van der Waals surface area contributed by atoms with Crippen LogP contribution in [0, 0.1) is 5.82 Å². The maximum Gasteiger partial charge on any atom is 0.247 e. The Hall–Kier alpha value is -4.68. The molecule has 41 heavy (non-hydrogen) atoms. The van der Waals surface area contributed by atoms with Crippen molar-refractivity contribution in [1.82, 2.24) is 19.4 Å². The molecular weight excluding hydrogens is 529 g/mol. The Morgan fingerprint density at radius 2 is 2.05 bits per heavy atom. The molecule has 1 fully saturated rings. The number of nitrogens with one attached hydrogen (secondary N) is 2. The first-order chi connectivity index (χ1) is 19.9. The second kappa shape index (κ2) is 12.2. The molecule has 11 nitrogen and oxygen atoms in total.